The van der Waals surface area contributed by atoms with Crippen molar-refractivity contribution in [3.63, 3.8) is 0 Å². The highest BCUT2D eigenvalue weighted by atomic mass is 19.1. The van der Waals surface area contributed by atoms with Gasteiger partial charge in [-0.3, -0.25) is 0 Å². The van der Waals surface area contributed by atoms with Crippen LogP contribution in [0.15, 0.2) is 12.1 Å². The molecule has 0 saturated heterocycles. The van der Waals surface area contributed by atoms with E-state index in [0.29, 0.717) is 12.1 Å². The lowest BCUT2D eigenvalue weighted by molar-refractivity contribution is 0.0198. The third kappa shape index (κ3) is 2.76. The Bertz CT molecular complexity index is 415. The van der Waals surface area contributed by atoms with E-state index in [4.69, 9.17) is 10.8 Å². The molecule has 2 unspecified atom stereocenters. The van der Waals surface area contributed by atoms with Crippen LogP contribution in [0.2, 0.25) is 0 Å². The molecule has 0 fully saturated rings. The first-order valence-corrected chi connectivity index (χ1v) is 4.67. The van der Waals surface area contributed by atoms with Crippen molar-refractivity contribution < 1.29 is 28.9 Å². The Labute approximate surface area is 95.1 Å². The number of hydrogen-bond donors (Lipinski definition) is 4. The van der Waals surface area contributed by atoms with E-state index in [2.05, 4.69) is 0 Å². The number of carboxylic acid groups (broad SMARTS) is 1. The van der Waals surface area contributed by atoms with Crippen LogP contribution in [0.3, 0.4) is 0 Å². The summed E-state index contributed by atoms with van der Waals surface area (Å²) >= 11 is 0. The fourth-order valence-corrected chi connectivity index (χ4v) is 1.31. The topological polar surface area (TPSA) is 104 Å². The van der Waals surface area contributed by atoms with Gasteiger partial charge in [0, 0.05) is 6.54 Å². The normalized spacial score (nSPS) is 14.4. The summed E-state index contributed by atoms with van der Waals surface area (Å²) in [5.41, 5.74) is 3.66. The highest BCUT2D eigenvalue weighted by Gasteiger charge is 2.25. The van der Waals surface area contributed by atoms with Crippen molar-refractivity contribution in [1.82, 2.24) is 0 Å². The van der Waals surface area contributed by atoms with Crippen molar-refractivity contribution in [2.45, 2.75) is 12.2 Å². The van der Waals surface area contributed by atoms with Gasteiger partial charge >= 0.3 is 5.97 Å². The Hall–Kier alpha value is -1.57. The van der Waals surface area contributed by atoms with E-state index in [-0.39, 0.29) is 6.54 Å². The molecule has 0 radical (unpaired) electrons. The fourth-order valence-electron chi connectivity index (χ4n) is 1.31. The van der Waals surface area contributed by atoms with Gasteiger partial charge in [-0.05, 0) is 12.1 Å². The first-order chi connectivity index (χ1) is 7.88. The second-order valence-electron chi connectivity index (χ2n) is 3.41. The molecule has 0 saturated carbocycles. The summed E-state index contributed by atoms with van der Waals surface area (Å²) in [5, 5.41) is 27.2. The lowest BCUT2D eigenvalue weighted by Gasteiger charge is -2.17. The first kappa shape index (κ1) is 13.5. The summed E-state index contributed by atoms with van der Waals surface area (Å²) < 4.78 is 26.8. The molecule has 0 amide bonds. The summed E-state index contributed by atoms with van der Waals surface area (Å²) in [7, 11) is 0. The highest BCUT2D eigenvalue weighted by molar-refractivity contribution is 5.87. The Morgan fingerprint density at radius 1 is 1.29 bits per heavy atom. The Kier molecular flexibility index (Phi) is 4.11. The number of aromatic carboxylic acids is 1. The first-order valence-electron chi connectivity index (χ1n) is 4.67. The zero-order valence-corrected chi connectivity index (χ0v) is 8.60. The molecule has 0 spiro atoms. The number of hydrogen-bond acceptors (Lipinski definition) is 4. The van der Waals surface area contributed by atoms with Crippen molar-refractivity contribution in [3.8, 4) is 0 Å². The van der Waals surface area contributed by atoms with E-state index in [1.165, 1.54) is 0 Å². The van der Waals surface area contributed by atoms with Gasteiger partial charge in [-0.2, -0.15) is 0 Å². The number of aliphatic hydroxyl groups is 2. The molecule has 5 N–H and O–H groups in total. The lowest BCUT2D eigenvalue weighted by atomic mass is 10.0. The molecule has 0 aliphatic rings. The van der Waals surface area contributed by atoms with E-state index in [9.17, 15) is 23.8 Å². The second kappa shape index (κ2) is 5.17. The van der Waals surface area contributed by atoms with Crippen LogP contribution in [0, 0.1) is 11.6 Å². The van der Waals surface area contributed by atoms with Gasteiger partial charge in [0.05, 0.1) is 17.2 Å². The third-order valence-corrected chi connectivity index (χ3v) is 2.23. The molecular weight excluding hydrogens is 236 g/mol. The van der Waals surface area contributed by atoms with Gasteiger partial charge in [0.15, 0.2) is 0 Å². The fraction of sp³-hybridized carbons (Fsp3) is 0.300. The maximum atomic E-state index is 13.4. The number of nitrogens with two attached hydrogens (primary N) is 1. The predicted octanol–water partition coefficient (Wildman–Crippen LogP) is 0.0160. The molecule has 7 heteroatoms. The van der Waals surface area contributed by atoms with E-state index in [1.54, 1.807) is 0 Å². The van der Waals surface area contributed by atoms with Gasteiger partial charge in [0.1, 0.15) is 17.7 Å². The van der Waals surface area contributed by atoms with E-state index in [0.717, 1.165) is 0 Å². The van der Waals surface area contributed by atoms with Crippen molar-refractivity contribution in [3.05, 3.63) is 34.9 Å². The van der Waals surface area contributed by atoms with Crippen LogP contribution in [-0.2, 0) is 0 Å². The van der Waals surface area contributed by atoms with E-state index < -0.39 is 40.9 Å². The second-order valence-corrected chi connectivity index (χ2v) is 3.41. The number of aliphatic hydroxyl groups excluding tert-OH is 2. The number of benzene rings is 1. The summed E-state index contributed by atoms with van der Waals surface area (Å²) in [6.45, 7) is -0.388. The van der Waals surface area contributed by atoms with E-state index >= 15 is 0 Å². The molecule has 0 heterocycles. The molecule has 0 bridgehead atoms. The lowest BCUT2D eigenvalue weighted by Crippen LogP contribution is -2.28. The standard InChI is InChI=1S/C10H11F2NO4/c11-5-1-4(10(16)17)2-6(12)8(5)9(15)7(14)3-13/h1-2,7,9,14-15H,3,13H2,(H,16,17). The van der Waals surface area contributed by atoms with Crippen molar-refractivity contribution in [1.29, 1.82) is 0 Å². The highest BCUT2D eigenvalue weighted by Crippen LogP contribution is 2.24. The smallest absolute Gasteiger partial charge is 0.335 e. The average molecular weight is 247 g/mol. The van der Waals surface area contributed by atoms with Gasteiger partial charge in [-0.25, -0.2) is 13.6 Å². The van der Waals surface area contributed by atoms with Crippen LogP contribution in [0.4, 0.5) is 8.78 Å². The third-order valence-electron chi connectivity index (χ3n) is 2.23. The van der Waals surface area contributed by atoms with Crippen LogP contribution in [0.5, 0.6) is 0 Å². The number of rotatable bonds is 4. The molecule has 5 nitrogen and oxygen atoms in total. The van der Waals surface area contributed by atoms with Crippen LogP contribution >= 0.6 is 0 Å². The van der Waals surface area contributed by atoms with Gasteiger partial charge in [0.25, 0.3) is 0 Å². The van der Waals surface area contributed by atoms with Gasteiger partial charge in [0.2, 0.25) is 0 Å². The maximum Gasteiger partial charge on any atom is 0.335 e. The monoisotopic (exact) mass is 247 g/mol. The number of halogens is 2. The Balaban J connectivity index is 3.22. The summed E-state index contributed by atoms with van der Waals surface area (Å²) in [6.07, 6.45) is -3.38. The number of carboxylic acids is 1. The van der Waals surface area contributed by atoms with Gasteiger partial charge in [-0.15, -0.1) is 0 Å². The largest absolute Gasteiger partial charge is 0.478 e. The summed E-state index contributed by atoms with van der Waals surface area (Å²) in [4.78, 5) is 10.5. The zero-order valence-electron chi connectivity index (χ0n) is 8.60. The molecule has 0 aromatic heterocycles. The molecule has 1 rings (SSSR count). The zero-order chi connectivity index (χ0) is 13.2. The minimum atomic E-state index is -1.84. The van der Waals surface area contributed by atoms with Crippen molar-refractivity contribution in [2.75, 3.05) is 6.54 Å². The predicted molar refractivity (Wildman–Crippen MR) is 53.3 cm³/mol. The Morgan fingerprint density at radius 3 is 2.12 bits per heavy atom. The van der Waals surface area contributed by atoms with Crippen LogP contribution in [0.25, 0.3) is 0 Å². The average Bonchev–Trinajstić information content (AvgIpc) is 2.26. The molecule has 2 atom stereocenters. The minimum absolute atomic E-state index is 0.388. The van der Waals surface area contributed by atoms with Crippen molar-refractivity contribution >= 4 is 5.97 Å². The molecule has 1 aromatic carbocycles. The van der Waals surface area contributed by atoms with Crippen LogP contribution < -0.4 is 5.73 Å². The molecule has 1 aromatic rings. The van der Waals surface area contributed by atoms with Crippen LogP contribution in [-0.4, -0.2) is 33.9 Å². The molecule has 0 aliphatic heterocycles. The van der Waals surface area contributed by atoms with Gasteiger partial charge in [-0.1, -0.05) is 0 Å². The molecular formula is C10H11F2NO4. The van der Waals surface area contributed by atoms with Gasteiger partial charge < -0.3 is 21.1 Å². The van der Waals surface area contributed by atoms with Crippen LogP contribution in [0.1, 0.15) is 22.0 Å². The van der Waals surface area contributed by atoms with Crippen molar-refractivity contribution in [2.24, 2.45) is 5.73 Å². The quantitative estimate of drug-likeness (QED) is 0.600. The molecule has 0 aliphatic carbocycles. The van der Waals surface area contributed by atoms with E-state index in [1.807, 2.05) is 0 Å². The maximum absolute atomic E-state index is 13.4. The SMILES string of the molecule is NCC(O)C(O)c1c(F)cc(C(=O)O)cc1F. The Morgan fingerprint density at radius 2 is 1.76 bits per heavy atom. The summed E-state index contributed by atoms with van der Waals surface area (Å²) in [6, 6.07) is 1.13. The summed E-state index contributed by atoms with van der Waals surface area (Å²) in [5.74, 6) is -3.99. The molecule has 17 heavy (non-hydrogen) atoms. The molecule has 94 valence electrons. The minimum Gasteiger partial charge on any atom is -0.478 e. The number of carbonyl (C=O) groups is 1.